The predicted octanol–water partition coefficient (Wildman–Crippen LogP) is 3.49. The third kappa shape index (κ3) is 6.19. The van der Waals surface area contributed by atoms with E-state index >= 15 is 0 Å². The van der Waals surface area contributed by atoms with Gasteiger partial charge in [0.25, 0.3) is 0 Å². The Bertz CT molecular complexity index is 250. The fourth-order valence-corrected chi connectivity index (χ4v) is 1.95. The van der Waals surface area contributed by atoms with Gasteiger partial charge in [-0.15, -0.1) is 13.2 Å². The van der Waals surface area contributed by atoms with Gasteiger partial charge in [-0.2, -0.15) is 0 Å². The SMILES string of the molecule is C=CCOP(=O)(CC=C)OC=CCBr. The molecule has 0 aromatic carbocycles. The highest BCUT2D eigenvalue weighted by Crippen LogP contribution is 2.48. The average molecular weight is 281 g/mol. The van der Waals surface area contributed by atoms with Crippen LogP contribution in [0.3, 0.4) is 0 Å². The topological polar surface area (TPSA) is 35.5 Å². The standard InChI is InChI=1S/C9H14BrO3P/c1-3-7-12-14(11,9-4-2)13-8-5-6-10/h3-5,8H,1-2,6-7,9H2. The molecule has 0 fully saturated rings. The third-order valence-corrected chi connectivity index (χ3v) is 3.21. The highest BCUT2D eigenvalue weighted by molar-refractivity contribution is 9.09. The van der Waals surface area contributed by atoms with Crippen LogP contribution in [-0.2, 0) is 13.6 Å². The number of alkyl halides is 1. The first-order valence-corrected chi connectivity index (χ1v) is 6.88. The molecule has 0 aromatic heterocycles. The lowest BCUT2D eigenvalue weighted by Crippen LogP contribution is -1.95. The molecule has 0 heterocycles. The van der Waals surface area contributed by atoms with E-state index in [4.69, 9.17) is 9.05 Å². The molecule has 0 saturated carbocycles. The fraction of sp³-hybridized carbons (Fsp3) is 0.333. The van der Waals surface area contributed by atoms with Gasteiger partial charge in [-0.25, -0.2) is 4.57 Å². The second kappa shape index (κ2) is 8.04. The highest BCUT2D eigenvalue weighted by Gasteiger charge is 2.21. The Labute approximate surface area is 93.1 Å². The van der Waals surface area contributed by atoms with Crippen LogP contribution in [0.1, 0.15) is 0 Å². The van der Waals surface area contributed by atoms with Gasteiger partial charge in [0.1, 0.15) is 0 Å². The van der Waals surface area contributed by atoms with Gasteiger partial charge >= 0.3 is 7.60 Å². The molecule has 0 aliphatic rings. The summed E-state index contributed by atoms with van der Waals surface area (Å²) in [5, 5.41) is 0.641. The molecule has 0 bridgehead atoms. The van der Waals surface area contributed by atoms with Crippen molar-refractivity contribution in [3.05, 3.63) is 37.6 Å². The molecule has 0 rings (SSSR count). The Morgan fingerprint density at radius 1 is 1.36 bits per heavy atom. The quantitative estimate of drug-likeness (QED) is 0.295. The molecule has 0 amide bonds. The maximum atomic E-state index is 11.8. The van der Waals surface area contributed by atoms with E-state index in [1.54, 1.807) is 6.08 Å². The van der Waals surface area contributed by atoms with Gasteiger partial charge in [0.15, 0.2) is 0 Å². The molecule has 0 aliphatic carbocycles. The summed E-state index contributed by atoms with van der Waals surface area (Å²) in [6.45, 7) is 7.16. The largest absolute Gasteiger partial charge is 0.432 e. The average Bonchev–Trinajstić information content (AvgIpc) is 2.16. The summed E-state index contributed by atoms with van der Waals surface area (Å²) >= 11 is 3.18. The van der Waals surface area contributed by atoms with E-state index in [1.165, 1.54) is 18.4 Å². The van der Waals surface area contributed by atoms with E-state index in [2.05, 4.69) is 29.1 Å². The summed E-state index contributed by atoms with van der Waals surface area (Å²) in [5.74, 6) is 0. The van der Waals surface area contributed by atoms with Crippen molar-refractivity contribution in [1.82, 2.24) is 0 Å². The van der Waals surface area contributed by atoms with E-state index in [1.807, 2.05) is 0 Å². The molecular formula is C9H14BrO3P. The van der Waals surface area contributed by atoms with Crippen LogP contribution in [0, 0.1) is 0 Å². The van der Waals surface area contributed by atoms with Gasteiger partial charge in [0, 0.05) is 5.33 Å². The maximum absolute atomic E-state index is 11.8. The van der Waals surface area contributed by atoms with E-state index in [9.17, 15) is 4.57 Å². The minimum atomic E-state index is -3.06. The van der Waals surface area contributed by atoms with Crippen LogP contribution < -0.4 is 0 Å². The summed E-state index contributed by atoms with van der Waals surface area (Å²) in [6.07, 6.45) is 6.27. The van der Waals surface area contributed by atoms with E-state index in [0.717, 1.165) is 0 Å². The van der Waals surface area contributed by atoms with Crippen LogP contribution in [0.15, 0.2) is 37.6 Å². The zero-order valence-electron chi connectivity index (χ0n) is 7.89. The monoisotopic (exact) mass is 280 g/mol. The molecule has 80 valence electrons. The molecule has 1 unspecified atom stereocenters. The van der Waals surface area contributed by atoms with E-state index in [0.29, 0.717) is 5.33 Å². The first-order valence-electron chi connectivity index (χ1n) is 4.03. The lowest BCUT2D eigenvalue weighted by atomic mass is 10.7. The van der Waals surface area contributed by atoms with Crippen molar-refractivity contribution >= 4 is 23.5 Å². The fourth-order valence-electron chi connectivity index (χ4n) is 0.623. The van der Waals surface area contributed by atoms with Crippen LogP contribution >= 0.6 is 23.5 Å². The third-order valence-electron chi connectivity index (χ3n) is 1.15. The van der Waals surface area contributed by atoms with Crippen molar-refractivity contribution in [3.63, 3.8) is 0 Å². The van der Waals surface area contributed by atoms with Gasteiger partial charge in [-0.05, 0) is 6.08 Å². The van der Waals surface area contributed by atoms with Gasteiger partial charge in [0.2, 0.25) is 0 Å². The molecule has 5 heteroatoms. The highest BCUT2D eigenvalue weighted by atomic mass is 79.9. The van der Waals surface area contributed by atoms with Crippen LogP contribution in [0.2, 0.25) is 0 Å². The second-order valence-electron chi connectivity index (χ2n) is 2.30. The number of hydrogen-bond donors (Lipinski definition) is 0. The van der Waals surface area contributed by atoms with Gasteiger partial charge in [-0.1, -0.05) is 28.1 Å². The van der Waals surface area contributed by atoms with Crippen LogP contribution in [0.4, 0.5) is 0 Å². The van der Waals surface area contributed by atoms with Gasteiger partial charge in [-0.3, -0.25) is 4.52 Å². The Hall–Kier alpha value is -0.310. The van der Waals surface area contributed by atoms with Crippen molar-refractivity contribution in [2.24, 2.45) is 0 Å². The van der Waals surface area contributed by atoms with Crippen molar-refractivity contribution in [1.29, 1.82) is 0 Å². The van der Waals surface area contributed by atoms with Crippen molar-refractivity contribution in [2.75, 3.05) is 18.1 Å². The van der Waals surface area contributed by atoms with Crippen LogP contribution in [-0.4, -0.2) is 18.1 Å². The Morgan fingerprint density at radius 2 is 2.07 bits per heavy atom. The summed E-state index contributed by atoms with van der Waals surface area (Å²) < 4.78 is 21.9. The summed E-state index contributed by atoms with van der Waals surface area (Å²) in [6, 6.07) is 0. The number of hydrogen-bond acceptors (Lipinski definition) is 3. The molecule has 1 atom stereocenters. The van der Waals surface area contributed by atoms with Crippen molar-refractivity contribution in [3.8, 4) is 0 Å². The molecule has 0 spiro atoms. The maximum Gasteiger partial charge on any atom is 0.382 e. The molecule has 0 aliphatic heterocycles. The minimum Gasteiger partial charge on any atom is -0.432 e. The van der Waals surface area contributed by atoms with Crippen LogP contribution in [0.5, 0.6) is 0 Å². The Balaban J connectivity index is 4.22. The Kier molecular flexibility index (Phi) is 7.86. The molecule has 3 nitrogen and oxygen atoms in total. The molecule has 14 heavy (non-hydrogen) atoms. The van der Waals surface area contributed by atoms with Crippen molar-refractivity contribution in [2.45, 2.75) is 0 Å². The van der Waals surface area contributed by atoms with Gasteiger partial charge in [0.05, 0.1) is 19.0 Å². The second-order valence-corrected chi connectivity index (χ2v) is 5.00. The summed E-state index contributed by atoms with van der Waals surface area (Å²) in [4.78, 5) is 0. The van der Waals surface area contributed by atoms with E-state index < -0.39 is 7.60 Å². The molecule has 0 radical (unpaired) electrons. The molecule has 0 N–H and O–H groups in total. The van der Waals surface area contributed by atoms with Gasteiger partial charge < -0.3 is 4.52 Å². The lowest BCUT2D eigenvalue weighted by Gasteiger charge is -2.14. The summed E-state index contributed by atoms with van der Waals surface area (Å²) in [7, 11) is -3.06. The summed E-state index contributed by atoms with van der Waals surface area (Å²) in [5.41, 5.74) is 0. The number of allylic oxidation sites excluding steroid dienone is 2. The van der Waals surface area contributed by atoms with E-state index in [-0.39, 0.29) is 12.8 Å². The molecular weight excluding hydrogens is 267 g/mol. The number of halogens is 1. The lowest BCUT2D eigenvalue weighted by molar-refractivity contribution is 0.277. The smallest absolute Gasteiger partial charge is 0.382 e. The zero-order chi connectivity index (χ0) is 10.9. The number of rotatable bonds is 8. The predicted molar refractivity (Wildman–Crippen MR) is 62.8 cm³/mol. The molecule has 0 aromatic rings. The first-order chi connectivity index (χ1) is 6.68. The minimum absolute atomic E-state index is 0.188. The van der Waals surface area contributed by atoms with Crippen molar-refractivity contribution < 1.29 is 13.6 Å². The normalized spacial score (nSPS) is 14.9. The first kappa shape index (κ1) is 13.7. The van der Waals surface area contributed by atoms with Crippen LogP contribution in [0.25, 0.3) is 0 Å². The zero-order valence-corrected chi connectivity index (χ0v) is 10.4. The molecule has 0 saturated heterocycles. The Morgan fingerprint density at radius 3 is 2.57 bits per heavy atom.